The van der Waals surface area contributed by atoms with Crippen molar-refractivity contribution >= 4 is 33.7 Å². The second kappa shape index (κ2) is 6.80. The van der Waals surface area contributed by atoms with E-state index >= 15 is 0 Å². The zero-order valence-electron chi connectivity index (χ0n) is 11.1. The van der Waals surface area contributed by atoms with E-state index in [1.807, 2.05) is 0 Å². The first-order valence-electron chi connectivity index (χ1n) is 6.40. The molecule has 0 saturated carbocycles. The van der Waals surface area contributed by atoms with Crippen LogP contribution in [0.2, 0.25) is 0 Å². The lowest BCUT2D eigenvalue weighted by Gasteiger charge is -2.13. The Hall–Kier alpha value is -1.76. The summed E-state index contributed by atoms with van der Waals surface area (Å²) in [5.41, 5.74) is 0.264. The van der Waals surface area contributed by atoms with Gasteiger partial charge in [-0.3, -0.25) is 19.3 Å². The third kappa shape index (κ3) is 4.10. The number of carbonyl (C=O) groups excluding carboxylic acids is 3. The summed E-state index contributed by atoms with van der Waals surface area (Å²) in [4.78, 5) is 35.3. The summed E-state index contributed by atoms with van der Waals surface area (Å²) in [7, 11) is 0. The number of benzene rings is 1. The number of likely N-dealkylation sites (tertiary alicyclic amines) is 1. The zero-order chi connectivity index (χ0) is 15.4. The highest BCUT2D eigenvalue weighted by molar-refractivity contribution is 9.10. The molecule has 1 aliphatic heterocycles. The molecule has 0 unspecified atom stereocenters. The molecule has 0 N–H and O–H groups in total. The highest BCUT2D eigenvalue weighted by atomic mass is 79.9. The first-order chi connectivity index (χ1) is 9.97. The maximum atomic E-state index is 13.5. The van der Waals surface area contributed by atoms with Crippen LogP contribution in [0.4, 0.5) is 4.39 Å². The second-order valence-electron chi connectivity index (χ2n) is 4.59. The van der Waals surface area contributed by atoms with Gasteiger partial charge >= 0.3 is 5.97 Å². The lowest BCUT2D eigenvalue weighted by molar-refractivity contribution is -0.146. The highest BCUT2D eigenvalue weighted by Crippen LogP contribution is 2.16. The normalized spacial score (nSPS) is 14.7. The molecule has 21 heavy (non-hydrogen) atoms. The maximum absolute atomic E-state index is 13.5. The van der Waals surface area contributed by atoms with Crippen LogP contribution in [0.15, 0.2) is 22.7 Å². The quantitative estimate of drug-likeness (QED) is 0.598. The molecule has 7 heteroatoms. The molecule has 1 saturated heterocycles. The van der Waals surface area contributed by atoms with E-state index in [1.165, 1.54) is 12.1 Å². The third-order valence-corrected chi connectivity index (χ3v) is 3.59. The first-order valence-corrected chi connectivity index (χ1v) is 7.19. The minimum absolute atomic E-state index is 0.0132. The molecular formula is C14H13BrFNO4. The summed E-state index contributed by atoms with van der Waals surface area (Å²) in [5, 5.41) is 0. The number of rotatable bonds is 5. The number of carbonyl (C=O) groups is 3. The van der Waals surface area contributed by atoms with Gasteiger partial charge in [0.05, 0.1) is 6.42 Å². The van der Waals surface area contributed by atoms with E-state index in [-0.39, 0.29) is 49.8 Å². The van der Waals surface area contributed by atoms with Gasteiger partial charge in [0.25, 0.3) is 0 Å². The molecule has 112 valence electrons. The van der Waals surface area contributed by atoms with Crippen LogP contribution in [0.1, 0.15) is 24.8 Å². The summed E-state index contributed by atoms with van der Waals surface area (Å²) < 4.78 is 19.0. The second-order valence-corrected chi connectivity index (χ2v) is 5.50. The Morgan fingerprint density at radius 2 is 1.95 bits per heavy atom. The fourth-order valence-electron chi connectivity index (χ4n) is 1.94. The molecule has 1 heterocycles. The van der Waals surface area contributed by atoms with Gasteiger partial charge in [0.2, 0.25) is 11.8 Å². The minimum atomic E-state index is -0.579. The largest absolute Gasteiger partial charge is 0.461 e. The van der Waals surface area contributed by atoms with Crippen LogP contribution in [-0.4, -0.2) is 29.2 Å². The molecule has 0 radical (unpaired) electrons. The predicted octanol–water partition coefficient (Wildman–Crippen LogP) is 2.17. The molecule has 0 atom stereocenters. The summed E-state index contributed by atoms with van der Waals surface area (Å²) in [6, 6.07) is 4.44. The Kier molecular flexibility index (Phi) is 5.06. The molecule has 0 aliphatic carbocycles. The fourth-order valence-corrected chi connectivity index (χ4v) is 2.28. The monoisotopic (exact) mass is 357 g/mol. The van der Waals surface area contributed by atoms with Gasteiger partial charge in [0.15, 0.2) is 0 Å². The molecule has 1 aliphatic rings. The number of amides is 2. The van der Waals surface area contributed by atoms with Gasteiger partial charge in [-0.2, -0.15) is 0 Å². The van der Waals surface area contributed by atoms with Gasteiger partial charge in [-0.1, -0.05) is 22.0 Å². The SMILES string of the molecule is O=C(CCN1C(=O)CCC1=O)OCc1ccc(Br)cc1F. The van der Waals surface area contributed by atoms with Crippen molar-refractivity contribution in [3.05, 3.63) is 34.1 Å². The van der Waals surface area contributed by atoms with Crippen molar-refractivity contribution in [2.75, 3.05) is 6.54 Å². The number of imide groups is 1. The average Bonchev–Trinajstić information content (AvgIpc) is 2.75. The molecule has 0 bridgehead atoms. The summed E-state index contributed by atoms with van der Waals surface area (Å²) in [6.07, 6.45) is 0.297. The van der Waals surface area contributed by atoms with E-state index in [0.717, 1.165) is 4.90 Å². The summed E-state index contributed by atoms with van der Waals surface area (Å²) in [6.45, 7) is -0.168. The number of hydrogen-bond acceptors (Lipinski definition) is 4. The fraction of sp³-hybridized carbons (Fsp3) is 0.357. The molecule has 0 spiro atoms. The average molecular weight is 358 g/mol. The van der Waals surface area contributed by atoms with Crippen molar-refractivity contribution in [1.82, 2.24) is 4.90 Å². The van der Waals surface area contributed by atoms with Crippen molar-refractivity contribution < 1.29 is 23.5 Å². The Morgan fingerprint density at radius 3 is 2.57 bits per heavy atom. The van der Waals surface area contributed by atoms with Gasteiger partial charge in [-0.25, -0.2) is 4.39 Å². The van der Waals surface area contributed by atoms with Gasteiger partial charge < -0.3 is 4.74 Å². The van der Waals surface area contributed by atoms with Gasteiger partial charge in [0.1, 0.15) is 12.4 Å². The van der Waals surface area contributed by atoms with E-state index in [9.17, 15) is 18.8 Å². The number of halogens is 2. The Bertz CT molecular complexity index is 574. The molecule has 2 amide bonds. The number of hydrogen-bond donors (Lipinski definition) is 0. The van der Waals surface area contributed by atoms with Gasteiger partial charge in [-0.05, 0) is 12.1 Å². The van der Waals surface area contributed by atoms with Gasteiger partial charge in [0, 0.05) is 29.4 Å². The van der Waals surface area contributed by atoms with Crippen LogP contribution in [0, 0.1) is 5.82 Å². The van der Waals surface area contributed by atoms with Crippen LogP contribution in [-0.2, 0) is 25.7 Å². The van der Waals surface area contributed by atoms with E-state index in [2.05, 4.69) is 15.9 Å². The zero-order valence-corrected chi connectivity index (χ0v) is 12.7. The number of esters is 1. The van der Waals surface area contributed by atoms with E-state index in [0.29, 0.717) is 4.47 Å². The topological polar surface area (TPSA) is 63.7 Å². The van der Waals surface area contributed by atoms with E-state index in [1.54, 1.807) is 6.07 Å². The molecule has 2 rings (SSSR count). The molecule has 1 aromatic carbocycles. The van der Waals surface area contributed by atoms with Crippen molar-refractivity contribution in [1.29, 1.82) is 0 Å². The lowest BCUT2D eigenvalue weighted by Crippen LogP contribution is -2.31. The maximum Gasteiger partial charge on any atom is 0.307 e. The molecule has 0 aromatic heterocycles. The molecule has 1 fully saturated rings. The van der Waals surface area contributed by atoms with Crippen molar-refractivity contribution in [2.45, 2.75) is 25.9 Å². The number of ether oxygens (including phenoxy) is 1. The van der Waals surface area contributed by atoms with E-state index < -0.39 is 11.8 Å². The smallest absolute Gasteiger partial charge is 0.307 e. The van der Waals surface area contributed by atoms with Gasteiger partial charge in [-0.15, -0.1) is 0 Å². The third-order valence-electron chi connectivity index (χ3n) is 3.10. The predicted molar refractivity (Wildman–Crippen MR) is 74.5 cm³/mol. The van der Waals surface area contributed by atoms with Crippen LogP contribution >= 0.6 is 15.9 Å². The van der Waals surface area contributed by atoms with E-state index in [4.69, 9.17) is 4.74 Å². The Balaban J connectivity index is 1.80. The standard InChI is InChI=1S/C14H13BrFNO4/c15-10-2-1-9(11(16)7-10)8-21-14(20)5-6-17-12(18)3-4-13(17)19/h1-2,7H,3-6,8H2. The first kappa shape index (κ1) is 15.6. The Labute approximate surface area is 129 Å². The lowest BCUT2D eigenvalue weighted by atomic mass is 10.2. The molecule has 5 nitrogen and oxygen atoms in total. The van der Waals surface area contributed by atoms with Crippen LogP contribution in [0.25, 0.3) is 0 Å². The Morgan fingerprint density at radius 1 is 1.29 bits per heavy atom. The summed E-state index contributed by atoms with van der Waals surface area (Å²) >= 11 is 3.13. The van der Waals surface area contributed by atoms with Crippen molar-refractivity contribution in [3.8, 4) is 0 Å². The minimum Gasteiger partial charge on any atom is -0.461 e. The van der Waals surface area contributed by atoms with Crippen LogP contribution in [0.5, 0.6) is 0 Å². The van der Waals surface area contributed by atoms with Crippen molar-refractivity contribution in [2.24, 2.45) is 0 Å². The van der Waals surface area contributed by atoms with Crippen molar-refractivity contribution in [3.63, 3.8) is 0 Å². The van der Waals surface area contributed by atoms with Crippen LogP contribution in [0.3, 0.4) is 0 Å². The summed E-state index contributed by atoms with van der Waals surface area (Å²) in [5.74, 6) is -1.59. The number of nitrogens with zero attached hydrogens (tertiary/aromatic N) is 1. The highest BCUT2D eigenvalue weighted by Gasteiger charge is 2.28. The molecular weight excluding hydrogens is 345 g/mol. The van der Waals surface area contributed by atoms with Crippen LogP contribution < -0.4 is 0 Å². The molecule has 1 aromatic rings.